The first kappa shape index (κ1) is 13.1. The molecule has 1 atom stereocenters. The van der Waals surface area contributed by atoms with Crippen LogP contribution >= 0.6 is 0 Å². The molecule has 1 aromatic heterocycles. The molecule has 0 aliphatic carbocycles. The van der Waals surface area contributed by atoms with Crippen molar-refractivity contribution in [1.29, 1.82) is 0 Å². The van der Waals surface area contributed by atoms with Crippen LogP contribution < -0.4 is 10.1 Å². The average Bonchev–Trinajstić information content (AvgIpc) is 2.97. The van der Waals surface area contributed by atoms with Crippen LogP contribution in [0.25, 0.3) is 0 Å². The number of nitrogens with one attached hydrogen (secondary N) is 2. The zero-order chi connectivity index (χ0) is 13.8. The molecular formula is C15H20N4O. The maximum atomic E-state index is 5.16. The summed E-state index contributed by atoms with van der Waals surface area (Å²) in [6, 6.07) is 8.06. The summed E-state index contributed by atoms with van der Waals surface area (Å²) < 4.78 is 5.16. The van der Waals surface area contributed by atoms with Crippen molar-refractivity contribution in [2.45, 2.75) is 25.2 Å². The smallest absolute Gasteiger partial charge is 0.155 e. The highest BCUT2D eigenvalue weighted by Crippen LogP contribution is 2.20. The predicted octanol–water partition coefficient (Wildman–Crippen LogP) is 1.87. The maximum absolute atomic E-state index is 5.16. The minimum atomic E-state index is 0.449. The number of ether oxygens (including phenoxy) is 1. The number of nitrogens with zero attached hydrogens (tertiary/aromatic N) is 2. The van der Waals surface area contributed by atoms with Gasteiger partial charge in [-0.25, -0.2) is 4.98 Å². The van der Waals surface area contributed by atoms with Gasteiger partial charge in [-0.2, -0.15) is 5.10 Å². The summed E-state index contributed by atoms with van der Waals surface area (Å²) in [5.41, 5.74) is 1.20. The van der Waals surface area contributed by atoms with Crippen LogP contribution in [0, 0.1) is 0 Å². The quantitative estimate of drug-likeness (QED) is 0.892. The molecule has 2 aromatic rings. The van der Waals surface area contributed by atoms with Crippen molar-refractivity contribution in [2.24, 2.45) is 0 Å². The standard InChI is InChI=1S/C15H20N4O/c1-20-13-6-4-11(5-7-13)9-14-17-15(19-18-14)12-3-2-8-16-10-12/h4-7,12,16H,2-3,8-10H2,1H3,(H,17,18,19). The predicted molar refractivity (Wildman–Crippen MR) is 77.0 cm³/mol. The van der Waals surface area contributed by atoms with E-state index in [1.807, 2.05) is 12.1 Å². The molecule has 1 saturated heterocycles. The summed E-state index contributed by atoms with van der Waals surface area (Å²) in [6.45, 7) is 2.10. The summed E-state index contributed by atoms with van der Waals surface area (Å²) in [6.07, 6.45) is 3.15. The van der Waals surface area contributed by atoms with Crippen molar-refractivity contribution in [2.75, 3.05) is 20.2 Å². The monoisotopic (exact) mass is 272 g/mol. The molecule has 20 heavy (non-hydrogen) atoms. The van der Waals surface area contributed by atoms with E-state index < -0.39 is 0 Å². The van der Waals surface area contributed by atoms with Gasteiger partial charge < -0.3 is 10.1 Å². The molecule has 2 heterocycles. The van der Waals surface area contributed by atoms with E-state index >= 15 is 0 Å². The summed E-state index contributed by atoms with van der Waals surface area (Å²) in [7, 11) is 1.68. The number of piperidine rings is 1. The van der Waals surface area contributed by atoms with E-state index in [4.69, 9.17) is 4.74 Å². The van der Waals surface area contributed by atoms with Gasteiger partial charge in [0.15, 0.2) is 5.82 Å². The van der Waals surface area contributed by atoms with Crippen LogP contribution in [0.4, 0.5) is 0 Å². The third-order valence-electron chi connectivity index (χ3n) is 3.74. The third-order valence-corrected chi connectivity index (χ3v) is 3.74. The van der Waals surface area contributed by atoms with E-state index in [9.17, 15) is 0 Å². The Labute approximate surface area is 118 Å². The number of rotatable bonds is 4. The highest BCUT2D eigenvalue weighted by Gasteiger charge is 2.19. The third kappa shape index (κ3) is 2.99. The van der Waals surface area contributed by atoms with Gasteiger partial charge in [0.2, 0.25) is 0 Å². The molecule has 0 bridgehead atoms. The SMILES string of the molecule is COc1ccc(Cc2nc(C3CCCNC3)n[nH]2)cc1. The van der Waals surface area contributed by atoms with Crippen LogP contribution in [0.3, 0.4) is 0 Å². The summed E-state index contributed by atoms with van der Waals surface area (Å²) in [5, 5.41) is 10.8. The molecule has 0 amide bonds. The molecule has 5 nitrogen and oxygen atoms in total. The van der Waals surface area contributed by atoms with E-state index in [2.05, 4.69) is 32.6 Å². The number of hydrogen-bond acceptors (Lipinski definition) is 4. The molecule has 2 N–H and O–H groups in total. The fourth-order valence-corrected chi connectivity index (χ4v) is 2.58. The summed E-state index contributed by atoms with van der Waals surface area (Å²) in [4.78, 5) is 4.63. The second kappa shape index (κ2) is 6.05. The molecule has 0 spiro atoms. The molecule has 5 heteroatoms. The maximum Gasteiger partial charge on any atom is 0.155 e. The van der Waals surface area contributed by atoms with Crippen LogP contribution in [-0.4, -0.2) is 35.4 Å². The van der Waals surface area contributed by atoms with E-state index in [0.29, 0.717) is 5.92 Å². The number of hydrogen-bond donors (Lipinski definition) is 2. The molecule has 1 unspecified atom stereocenters. The fourth-order valence-electron chi connectivity index (χ4n) is 2.58. The van der Waals surface area contributed by atoms with Gasteiger partial charge in [0.05, 0.1) is 7.11 Å². The lowest BCUT2D eigenvalue weighted by Gasteiger charge is -2.19. The van der Waals surface area contributed by atoms with Gasteiger partial charge in [-0.3, -0.25) is 5.10 Å². The number of H-pyrrole nitrogens is 1. The van der Waals surface area contributed by atoms with E-state index in [-0.39, 0.29) is 0 Å². The van der Waals surface area contributed by atoms with E-state index in [1.54, 1.807) is 7.11 Å². The highest BCUT2D eigenvalue weighted by atomic mass is 16.5. The van der Waals surface area contributed by atoms with Gasteiger partial charge in [-0.15, -0.1) is 0 Å². The number of methoxy groups -OCH3 is 1. The van der Waals surface area contributed by atoms with Crippen molar-refractivity contribution in [3.63, 3.8) is 0 Å². The van der Waals surface area contributed by atoms with Gasteiger partial charge >= 0.3 is 0 Å². The highest BCUT2D eigenvalue weighted by molar-refractivity contribution is 5.28. The van der Waals surface area contributed by atoms with Crippen LogP contribution in [-0.2, 0) is 6.42 Å². The minimum Gasteiger partial charge on any atom is -0.497 e. The zero-order valence-electron chi connectivity index (χ0n) is 11.7. The minimum absolute atomic E-state index is 0.449. The Hall–Kier alpha value is -1.88. The van der Waals surface area contributed by atoms with Gasteiger partial charge in [-0.05, 0) is 37.1 Å². The van der Waals surface area contributed by atoms with Crippen molar-refractivity contribution in [1.82, 2.24) is 20.5 Å². The lowest BCUT2D eigenvalue weighted by molar-refractivity contribution is 0.414. The van der Waals surface area contributed by atoms with Crippen molar-refractivity contribution in [3.8, 4) is 5.75 Å². The Morgan fingerprint density at radius 2 is 2.15 bits per heavy atom. The Balaban J connectivity index is 1.66. The topological polar surface area (TPSA) is 62.8 Å². The second-order valence-corrected chi connectivity index (χ2v) is 5.21. The number of aromatic amines is 1. The Bertz CT molecular complexity index is 543. The Morgan fingerprint density at radius 3 is 2.85 bits per heavy atom. The molecule has 3 rings (SSSR count). The number of benzene rings is 1. The van der Waals surface area contributed by atoms with Crippen molar-refractivity contribution in [3.05, 3.63) is 41.5 Å². The van der Waals surface area contributed by atoms with Crippen LogP contribution in [0.1, 0.15) is 36.0 Å². The molecule has 1 aromatic carbocycles. The Morgan fingerprint density at radius 1 is 1.30 bits per heavy atom. The first-order valence-corrected chi connectivity index (χ1v) is 7.10. The molecule has 0 saturated carbocycles. The fraction of sp³-hybridized carbons (Fsp3) is 0.467. The van der Waals surface area contributed by atoms with Gasteiger partial charge in [0, 0.05) is 18.9 Å². The lowest BCUT2D eigenvalue weighted by Crippen LogP contribution is -2.28. The molecular weight excluding hydrogens is 252 g/mol. The first-order chi connectivity index (χ1) is 9.85. The Kier molecular flexibility index (Phi) is 3.97. The molecule has 106 valence electrons. The van der Waals surface area contributed by atoms with Gasteiger partial charge in [0.1, 0.15) is 11.6 Å². The average molecular weight is 272 g/mol. The number of aromatic nitrogens is 3. The lowest BCUT2D eigenvalue weighted by atomic mass is 9.99. The molecule has 1 aliphatic heterocycles. The van der Waals surface area contributed by atoms with Crippen LogP contribution in [0.15, 0.2) is 24.3 Å². The van der Waals surface area contributed by atoms with Crippen LogP contribution in [0.5, 0.6) is 5.75 Å². The normalized spacial score (nSPS) is 18.9. The molecule has 0 radical (unpaired) electrons. The van der Waals surface area contributed by atoms with E-state index in [1.165, 1.54) is 18.4 Å². The molecule has 1 fully saturated rings. The van der Waals surface area contributed by atoms with E-state index in [0.717, 1.165) is 36.9 Å². The zero-order valence-corrected chi connectivity index (χ0v) is 11.7. The van der Waals surface area contributed by atoms with Crippen molar-refractivity contribution < 1.29 is 4.74 Å². The second-order valence-electron chi connectivity index (χ2n) is 5.21. The van der Waals surface area contributed by atoms with Crippen molar-refractivity contribution >= 4 is 0 Å². The summed E-state index contributed by atoms with van der Waals surface area (Å²) >= 11 is 0. The molecule has 1 aliphatic rings. The van der Waals surface area contributed by atoms with Gasteiger partial charge in [0.25, 0.3) is 0 Å². The van der Waals surface area contributed by atoms with Crippen LogP contribution in [0.2, 0.25) is 0 Å². The van der Waals surface area contributed by atoms with Gasteiger partial charge in [-0.1, -0.05) is 12.1 Å². The first-order valence-electron chi connectivity index (χ1n) is 7.10. The summed E-state index contributed by atoms with van der Waals surface area (Å²) in [5.74, 6) is 3.20. The largest absolute Gasteiger partial charge is 0.497 e.